The number of carbonyl (C=O) groups excluding carboxylic acids is 2. The minimum Gasteiger partial charge on any atom is -0.399 e. The number of hydrogen-bond acceptors (Lipinski definition) is 4. The Bertz CT molecular complexity index is 719. The number of Topliss-reactive ketones (excluding diaryl/α,β-unsaturated/α-hetero) is 2. The van der Waals surface area contributed by atoms with Crippen LogP contribution in [0, 0.1) is 0 Å². The first-order chi connectivity index (χ1) is 10.6. The van der Waals surface area contributed by atoms with Crippen LogP contribution in [0.5, 0.6) is 0 Å². The van der Waals surface area contributed by atoms with Gasteiger partial charge in [0.2, 0.25) is 5.78 Å². The molecule has 2 aromatic carbocycles. The van der Waals surface area contributed by atoms with Gasteiger partial charge >= 0.3 is 0 Å². The first-order valence-corrected chi connectivity index (χ1v) is 6.65. The van der Waals surface area contributed by atoms with Crippen LogP contribution in [0.2, 0.25) is 0 Å². The number of hydrogen-bond donors (Lipinski definition) is 0. The maximum absolute atomic E-state index is 12.5. The average molecular weight is 293 g/mol. The summed E-state index contributed by atoms with van der Waals surface area (Å²) in [4.78, 5) is 29.6. The lowest BCUT2D eigenvalue weighted by Gasteiger charge is -2.07. The molecule has 0 aliphatic rings. The second-order valence-corrected chi connectivity index (χ2v) is 4.49. The van der Waals surface area contributed by atoms with Crippen molar-refractivity contribution >= 4 is 17.3 Å². The number of carbonyl (C=O) groups is 2. The summed E-state index contributed by atoms with van der Waals surface area (Å²) in [5.74, 6) is -0.766. The van der Waals surface area contributed by atoms with Crippen molar-refractivity contribution in [1.82, 2.24) is 0 Å². The minimum atomic E-state index is -0.406. The summed E-state index contributed by atoms with van der Waals surface area (Å²) < 4.78 is 0. The zero-order valence-electron chi connectivity index (χ0n) is 12.2. The highest BCUT2D eigenvalue weighted by Gasteiger charge is 2.23. The van der Waals surface area contributed by atoms with Crippen LogP contribution >= 0.6 is 0 Å². The first kappa shape index (κ1) is 15.4. The van der Waals surface area contributed by atoms with Crippen LogP contribution in [-0.4, -0.2) is 24.4 Å². The molecule has 110 valence electrons. The van der Waals surface area contributed by atoms with Crippen molar-refractivity contribution in [2.75, 3.05) is 7.11 Å². The summed E-state index contributed by atoms with van der Waals surface area (Å²) in [6, 6.07) is 17.2. The Morgan fingerprint density at radius 3 is 1.77 bits per heavy atom. The molecule has 0 heterocycles. The van der Waals surface area contributed by atoms with Gasteiger partial charge in [-0.2, -0.15) is 0 Å². The zero-order valence-corrected chi connectivity index (χ0v) is 12.2. The molecule has 2 rings (SSSR count). The fourth-order valence-corrected chi connectivity index (χ4v) is 1.92. The molecule has 4 nitrogen and oxygen atoms in total. The molecule has 0 atom stereocenters. The van der Waals surface area contributed by atoms with Gasteiger partial charge < -0.3 is 4.84 Å². The van der Waals surface area contributed by atoms with Crippen molar-refractivity contribution < 1.29 is 14.4 Å². The standard InChI is InChI=1S/C18H15NO3/c1-13(17(20)14-9-5-3-6-10-14)16(19-22-2)18(21)15-11-7-4-8-12-15/h3-12H,1H2,2H3/b19-16+. The first-order valence-electron chi connectivity index (χ1n) is 6.65. The molecule has 0 fully saturated rings. The van der Waals surface area contributed by atoms with Gasteiger partial charge in [-0.05, 0) is 0 Å². The molecule has 0 amide bonds. The van der Waals surface area contributed by atoms with Gasteiger partial charge in [-0.25, -0.2) is 0 Å². The van der Waals surface area contributed by atoms with Crippen molar-refractivity contribution in [3.63, 3.8) is 0 Å². The maximum Gasteiger partial charge on any atom is 0.215 e. The molecule has 22 heavy (non-hydrogen) atoms. The smallest absolute Gasteiger partial charge is 0.215 e. The van der Waals surface area contributed by atoms with Crippen LogP contribution in [0.1, 0.15) is 20.7 Å². The molecule has 0 unspecified atom stereocenters. The largest absolute Gasteiger partial charge is 0.399 e. The van der Waals surface area contributed by atoms with Crippen LogP contribution < -0.4 is 0 Å². The molecule has 4 heteroatoms. The highest BCUT2D eigenvalue weighted by atomic mass is 16.6. The molecule has 0 aromatic heterocycles. The van der Waals surface area contributed by atoms with Crippen molar-refractivity contribution in [3.8, 4) is 0 Å². The van der Waals surface area contributed by atoms with Gasteiger partial charge in [0, 0.05) is 16.7 Å². The molecule has 0 bridgehead atoms. The van der Waals surface area contributed by atoms with E-state index in [1.54, 1.807) is 60.7 Å². The number of ketones is 2. The molecular weight excluding hydrogens is 278 g/mol. The van der Waals surface area contributed by atoms with Gasteiger partial charge in [0.05, 0.1) is 0 Å². The van der Waals surface area contributed by atoms with Gasteiger partial charge in [0.25, 0.3) is 0 Å². The van der Waals surface area contributed by atoms with E-state index < -0.39 is 5.78 Å². The lowest BCUT2D eigenvalue weighted by Crippen LogP contribution is -2.22. The molecule has 0 spiro atoms. The zero-order chi connectivity index (χ0) is 15.9. The third-order valence-corrected chi connectivity index (χ3v) is 3.03. The maximum atomic E-state index is 12.5. The van der Waals surface area contributed by atoms with Crippen LogP contribution in [0.4, 0.5) is 0 Å². The predicted molar refractivity (Wildman–Crippen MR) is 85.1 cm³/mol. The Morgan fingerprint density at radius 1 is 0.864 bits per heavy atom. The van der Waals surface area contributed by atoms with E-state index in [1.807, 2.05) is 0 Å². The summed E-state index contributed by atoms with van der Waals surface area (Å²) in [5.41, 5.74) is 0.766. The summed E-state index contributed by atoms with van der Waals surface area (Å²) in [7, 11) is 1.32. The van der Waals surface area contributed by atoms with Crippen molar-refractivity contribution in [3.05, 3.63) is 83.9 Å². The van der Waals surface area contributed by atoms with Crippen LogP contribution in [0.15, 0.2) is 78.0 Å². The second-order valence-electron chi connectivity index (χ2n) is 4.49. The Hall–Kier alpha value is -3.01. The van der Waals surface area contributed by atoms with E-state index in [2.05, 4.69) is 11.7 Å². The Morgan fingerprint density at radius 2 is 1.32 bits per heavy atom. The van der Waals surface area contributed by atoms with Crippen molar-refractivity contribution in [2.45, 2.75) is 0 Å². The van der Waals surface area contributed by atoms with Crippen molar-refractivity contribution in [2.24, 2.45) is 5.16 Å². The van der Waals surface area contributed by atoms with Gasteiger partial charge in [-0.1, -0.05) is 72.4 Å². The highest BCUT2D eigenvalue weighted by Crippen LogP contribution is 2.12. The Kier molecular flexibility index (Phi) is 4.98. The minimum absolute atomic E-state index is 0.00176. The molecule has 0 saturated carbocycles. The quantitative estimate of drug-likeness (QED) is 0.355. The number of oxime groups is 1. The Labute approximate surface area is 128 Å². The summed E-state index contributed by atoms with van der Waals surface area (Å²) >= 11 is 0. The third kappa shape index (κ3) is 3.35. The third-order valence-electron chi connectivity index (χ3n) is 3.03. The van der Waals surface area contributed by atoms with Gasteiger partial charge in [0.1, 0.15) is 7.11 Å². The fourth-order valence-electron chi connectivity index (χ4n) is 1.92. The number of rotatable bonds is 6. The van der Waals surface area contributed by atoms with Gasteiger partial charge in [-0.3, -0.25) is 9.59 Å². The number of allylic oxidation sites excluding steroid dienone is 1. The normalized spacial score (nSPS) is 10.9. The summed E-state index contributed by atoms with van der Waals surface area (Å²) in [6.45, 7) is 3.72. The van der Waals surface area contributed by atoms with E-state index in [0.717, 1.165) is 0 Å². The van der Waals surface area contributed by atoms with E-state index in [9.17, 15) is 9.59 Å². The van der Waals surface area contributed by atoms with Crippen LogP contribution in [-0.2, 0) is 4.84 Å². The fraction of sp³-hybridized carbons (Fsp3) is 0.0556. The summed E-state index contributed by atoms with van der Waals surface area (Å²) in [5, 5.41) is 3.69. The predicted octanol–water partition coefficient (Wildman–Crippen LogP) is 3.31. The monoisotopic (exact) mass is 293 g/mol. The molecule has 2 aromatic rings. The highest BCUT2D eigenvalue weighted by molar-refractivity contribution is 6.56. The summed E-state index contributed by atoms with van der Waals surface area (Å²) in [6.07, 6.45) is 0. The molecule has 0 radical (unpaired) electrons. The van der Waals surface area contributed by atoms with Crippen LogP contribution in [0.25, 0.3) is 0 Å². The SMILES string of the molecule is C=C(C(=O)c1ccccc1)/C(=N\OC)C(=O)c1ccccc1. The van der Waals surface area contributed by atoms with E-state index in [-0.39, 0.29) is 17.1 Å². The van der Waals surface area contributed by atoms with E-state index in [4.69, 9.17) is 4.84 Å². The van der Waals surface area contributed by atoms with E-state index in [0.29, 0.717) is 11.1 Å². The van der Waals surface area contributed by atoms with Gasteiger partial charge in [0.15, 0.2) is 11.5 Å². The van der Waals surface area contributed by atoms with Gasteiger partial charge in [-0.15, -0.1) is 0 Å². The average Bonchev–Trinajstić information content (AvgIpc) is 2.59. The molecule has 0 aliphatic carbocycles. The molecule has 0 aliphatic heterocycles. The molecular formula is C18H15NO3. The topological polar surface area (TPSA) is 55.7 Å². The number of benzene rings is 2. The van der Waals surface area contributed by atoms with Crippen LogP contribution in [0.3, 0.4) is 0 Å². The lowest BCUT2D eigenvalue weighted by molar-refractivity contribution is 0.101. The van der Waals surface area contributed by atoms with E-state index in [1.165, 1.54) is 7.11 Å². The Balaban J connectivity index is 2.33. The molecule has 0 N–H and O–H groups in total. The molecule has 0 saturated heterocycles. The second kappa shape index (κ2) is 7.13. The van der Waals surface area contributed by atoms with E-state index >= 15 is 0 Å². The van der Waals surface area contributed by atoms with Crippen molar-refractivity contribution in [1.29, 1.82) is 0 Å². The lowest BCUT2D eigenvalue weighted by atomic mass is 9.96. The number of nitrogens with zero attached hydrogens (tertiary/aromatic N) is 1.